The lowest BCUT2D eigenvalue weighted by molar-refractivity contribution is -0.140. The standard InChI is InChI=1S/C13H24N2O3/c1-4-9(3)10(11(16)17)14-12(18)15-13(5-2)7-6-8-13/h9-10H,4-8H2,1-3H3,(H,16,17)(H2,14,15,18)/t9?,10-/m0/s1. The first kappa shape index (κ1) is 14.8. The van der Waals surface area contributed by atoms with Crippen molar-refractivity contribution in [2.45, 2.75) is 64.5 Å². The molecule has 1 fully saturated rings. The van der Waals surface area contributed by atoms with E-state index >= 15 is 0 Å². The highest BCUT2D eigenvalue weighted by molar-refractivity contribution is 5.83. The zero-order chi connectivity index (χ0) is 13.8. The fourth-order valence-corrected chi connectivity index (χ4v) is 2.27. The van der Waals surface area contributed by atoms with Gasteiger partial charge in [0.05, 0.1) is 0 Å². The Bertz CT molecular complexity index is 308. The monoisotopic (exact) mass is 256 g/mol. The molecule has 0 aromatic heterocycles. The van der Waals surface area contributed by atoms with Crippen LogP contribution in [0.1, 0.15) is 52.9 Å². The summed E-state index contributed by atoms with van der Waals surface area (Å²) in [5.74, 6) is -1.05. The van der Waals surface area contributed by atoms with Gasteiger partial charge in [-0.15, -0.1) is 0 Å². The number of carbonyl (C=O) groups is 2. The van der Waals surface area contributed by atoms with Gasteiger partial charge in [0.2, 0.25) is 0 Å². The molecule has 5 nitrogen and oxygen atoms in total. The van der Waals surface area contributed by atoms with E-state index in [0.29, 0.717) is 0 Å². The van der Waals surface area contributed by atoms with Crippen molar-refractivity contribution in [1.82, 2.24) is 10.6 Å². The molecule has 0 bridgehead atoms. The van der Waals surface area contributed by atoms with E-state index in [1.165, 1.54) is 0 Å². The smallest absolute Gasteiger partial charge is 0.326 e. The summed E-state index contributed by atoms with van der Waals surface area (Å²) in [6.45, 7) is 5.79. The van der Waals surface area contributed by atoms with Crippen molar-refractivity contribution in [2.24, 2.45) is 5.92 Å². The molecule has 0 aliphatic heterocycles. The van der Waals surface area contributed by atoms with Crippen LogP contribution in [-0.2, 0) is 4.79 Å². The van der Waals surface area contributed by atoms with E-state index in [1.807, 2.05) is 20.8 Å². The molecule has 2 amide bonds. The maximum absolute atomic E-state index is 11.9. The number of aliphatic carboxylic acids is 1. The normalized spacial score (nSPS) is 20.4. The van der Waals surface area contributed by atoms with Gasteiger partial charge in [-0.3, -0.25) is 0 Å². The summed E-state index contributed by atoms with van der Waals surface area (Å²) in [5.41, 5.74) is -0.109. The Morgan fingerprint density at radius 3 is 2.28 bits per heavy atom. The average molecular weight is 256 g/mol. The molecule has 3 N–H and O–H groups in total. The van der Waals surface area contributed by atoms with Crippen molar-refractivity contribution in [3.63, 3.8) is 0 Å². The molecule has 0 saturated heterocycles. The van der Waals surface area contributed by atoms with Crippen LogP contribution in [-0.4, -0.2) is 28.7 Å². The summed E-state index contributed by atoms with van der Waals surface area (Å²) < 4.78 is 0. The summed E-state index contributed by atoms with van der Waals surface area (Å²) in [6, 6.07) is -1.17. The zero-order valence-corrected chi connectivity index (χ0v) is 11.5. The number of amides is 2. The fraction of sp³-hybridized carbons (Fsp3) is 0.846. The Kier molecular flexibility index (Phi) is 4.99. The van der Waals surface area contributed by atoms with Gasteiger partial charge in [0, 0.05) is 5.54 Å². The largest absolute Gasteiger partial charge is 0.480 e. The van der Waals surface area contributed by atoms with Gasteiger partial charge in [-0.2, -0.15) is 0 Å². The molecule has 104 valence electrons. The SMILES string of the molecule is CCC(C)[C@H](NC(=O)NC1(CC)CCC1)C(=O)O. The number of nitrogens with one attached hydrogen (secondary N) is 2. The van der Waals surface area contributed by atoms with E-state index in [1.54, 1.807) is 0 Å². The summed E-state index contributed by atoms with van der Waals surface area (Å²) >= 11 is 0. The van der Waals surface area contributed by atoms with Crippen LogP contribution in [0.2, 0.25) is 0 Å². The van der Waals surface area contributed by atoms with E-state index in [0.717, 1.165) is 32.1 Å². The van der Waals surface area contributed by atoms with Crippen LogP contribution in [0.4, 0.5) is 4.79 Å². The van der Waals surface area contributed by atoms with Gasteiger partial charge in [0.15, 0.2) is 0 Å². The molecule has 1 unspecified atom stereocenters. The Hall–Kier alpha value is -1.26. The number of rotatable bonds is 6. The summed E-state index contributed by atoms with van der Waals surface area (Å²) in [7, 11) is 0. The second-order valence-electron chi connectivity index (χ2n) is 5.29. The van der Waals surface area contributed by atoms with Crippen molar-refractivity contribution < 1.29 is 14.7 Å². The predicted octanol–water partition coefficient (Wildman–Crippen LogP) is 2.12. The Morgan fingerprint density at radius 2 is 1.94 bits per heavy atom. The highest BCUT2D eigenvalue weighted by atomic mass is 16.4. The minimum atomic E-state index is -0.973. The molecular formula is C13H24N2O3. The van der Waals surface area contributed by atoms with Gasteiger partial charge >= 0.3 is 12.0 Å². The first-order valence-electron chi connectivity index (χ1n) is 6.75. The average Bonchev–Trinajstić information content (AvgIpc) is 2.29. The van der Waals surface area contributed by atoms with Gasteiger partial charge in [0.1, 0.15) is 6.04 Å². The topological polar surface area (TPSA) is 78.4 Å². The molecule has 2 atom stereocenters. The van der Waals surface area contributed by atoms with Crippen LogP contribution in [0.5, 0.6) is 0 Å². The Balaban J connectivity index is 2.53. The van der Waals surface area contributed by atoms with Gasteiger partial charge in [-0.1, -0.05) is 27.2 Å². The molecule has 1 saturated carbocycles. The number of carboxylic acids is 1. The maximum atomic E-state index is 11.9. The molecule has 0 heterocycles. The minimum Gasteiger partial charge on any atom is -0.480 e. The van der Waals surface area contributed by atoms with Crippen LogP contribution < -0.4 is 10.6 Å². The summed E-state index contributed by atoms with van der Waals surface area (Å²) in [4.78, 5) is 23.0. The molecule has 1 rings (SSSR count). The highest BCUT2D eigenvalue weighted by Gasteiger charge is 2.37. The molecule has 0 spiro atoms. The van der Waals surface area contributed by atoms with E-state index in [9.17, 15) is 9.59 Å². The van der Waals surface area contributed by atoms with Crippen LogP contribution in [0.25, 0.3) is 0 Å². The first-order valence-corrected chi connectivity index (χ1v) is 6.75. The lowest BCUT2D eigenvalue weighted by atomic mass is 9.75. The second kappa shape index (κ2) is 6.07. The molecule has 1 aliphatic carbocycles. The maximum Gasteiger partial charge on any atom is 0.326 e. The lowest BCUT2D eigenvalue weighted by Gasteiger charge is -2.42. The molecule has 1 aliphatic rings. The van der Waals surface area contributed by atoms with E-state index < -0.39 is 12.0 Å². The fourth-order valence-electron chi connectivity index (χ4n) is 2.27. The van der Waals surface area contributed by atoms with Crippen molar-refractivity contribution >= 4 is 12.0 Å². The molecule has 0 aromatic carbocycles. The third-order valence-electron chi connectivity index (χ3n) is 4.13. The Labute approximate surface area is 108 Å². The zero-order valence-electron chi connectivity index (χ0n) is 11.5. The van der Waals surface area contributed by atoms with Crippen molar-refractivity contribution in [3.8, 4) is 0 Å². The van der Waals surface area contributed by atoms with Crippen molar-refractivity contribution in [2.75, 3.05) is 0 Å². The second-order valence-corrected chi connectivity index (χ2v) is 5.29. The molecule has 5 heteroatoms. The first-order chi connectivity index (χ1) is 8.44. The summed E-state index contributed by atoms with van der Waals surface area (Å²) in [6.07, 6.45) is 4.70. The van der Waals surface area contributed by atoms with Gasteiger partial charge in [-0.25, -0.2) is 9.59 Å². The van der Waals surface area contributed by atoms with E-state index in [-0.39, 0.29) is 17.5 Å². The van der Waals surface area contributed by atoms with Crippen molar-refractivity contribution in [3.05, 3.63) is 0 Å². The minimum absolute atomic E-state index is 0.0767. The molecule has 0 radical (unpaired) electrons. The van der Waals surface area contributed by atoms with Gasteiger partial charge < -0.3 is 15.7 Å². The lowest BCUT2D eigenvalue weighted by Crippen LogP contribution is -2.58. The Morgan fingerprint density at radius 1 is 1.33 bits per heavy atom. The number of carboxylic acid groups (broad SMARTS) is 1. The number of hydrogen-bond donors (Lipinski definition) is 3. The van der Waals surface area contributed by atoms with Crippen LogP contribution in [0.3, 0.4) is 0 Å². The third-order valence-corrected chi connectivity index (χ3v) is 4.13. The van der Waals surface area contributed by atoms with Crippen molar-refractivity contribution in [1.29, 1.82) is 0 Å². The number of hydrogen-bond acceptors (Lipinski definition) is 2. The third kappa shape index (κ3) is 3.37. The quantitative estimate of drug-likeness (QED) is 0.681. The van der Waals surface area contributed by atoms with E-state index in [2.05, 4.69) is 10.6 Å². The van der Waals surface area contributed by atoms with Crippen LogP contribution >= 0.6 is 0 Å². The number of carbonyl (C=O) groups excluding carboxylic acids is 1. The predicted molar refractivity (Wildman–Crippen MR) is 69.4 cm³/mol. The number of urea groups is 1. The molecule has 0 aromatic rings. The highest BCUT2D eigenvalue weighted by Crippen LogP contribution is 2.34. The molecule has 18 heavy (non-hydrogen) atoms. The van der Waals surface area contributed by atoms with Crippen LogP contribution in [0.15, 0.2) is 0 Å². The summed E-state index contributed by atoms with van der Waals surface area (Å²) in [5, 5.41) is 14.6. The molecular weight excluding hydrogens is 232 g/mol. The van der Waals surface area contributed by atoms with Gasteiger partial charge in [0.25, 0.3) is 0 Å². The van der Waals surface area contributed by atoms with Gasteiger partial charge in [-0.05, 0) is 31.6 Å². The van der Waals surface area contributed by atoms with E-state index in [4.69, 9.17) is 5.11 Å². The van der Waals surface area contributed by atoms with Crippen LogP contribution in [0, 0.1) is 5.92 Å².